The highest BCUT2D eigenvalue weighted by atomic mass is 127. The van der Waals surface area contributed by atoms with Crippen molar-refractivity contribution in [3.63, 3.8) is 0 Å². The molecule has 0 unspecified atom stereocenters. The summed E-state index contributed by atoms with van der Waals surface area (Å²) in [7, 11) is 0. The molecular formula is C25H20FIN2O2S. The fourth-order valence-corrected chi connectivity index (χ4v) is 4.56. The van der Waals surface area contributed by atoms with E-state index >= 15 is 0 Å². The average molecular weight is 558 g/mol. The van der Waals surface area contributed by atoms with Gasteiger partial charge in [-0.2, -0.15) is 0 Å². The van der Waals surface area contributed by atoms with Gasteiger partial charge in [-0.05, 0) is 99.9 Å². The number of nitrogens with one attached hydrogen (secondary N) is 1. The highest BCUT2D eigenvalue weighted by Gasteiger charge is 2.23. The summed E-state index contributed by atoms with van der Waals surface area (Å²) in [4.78, 5) is 17.5. The molecule has 0 aliphatic carbocycles. The lowest BCUT2D eigenvalue weighted by Gasteiger charge is -2.09. The summed E-state index contributed by atoms with van der Waals surface area (Å²) >= 11 is 3.53. The van der Waals surface area contributed by atoms with E-state index in [1.807, 2.05) is 48.5 Å². The number of benzene rings is 3. The van der Waals surface area contributed by atoms with Crippen LogP contribution < -0.4 is 10.1 Å². The number of amidine groups is 1. The van der Waals surface area contributed by atoms with Crippen LogP contribution in [0.4, 0.5) is 10.1 Å². The van der Waals surface area contributed by atoms with E-state index in [-0.39, 0.29) is 11.7 Å². The Morgan fingerprint density at radius 3 is 2.47 bits per heavy atom. The zero-order valence-corrected chi connectivity index (χ0v) is 20.2. The molecule has 1 amide bonds. The van der Waals surface area contributed by atoms with E-state index in [0.29, 0.717) is 16.7 Å². The number of halogens is 2. The van der Waals surface area contributed by atoms with Crippen LogP contribution in [0.1, 0.15) is 23.6 Å². The van der Waals surface area contributed by atoms with E-state index in [0.717, 1.165) is 32.6 Å². The van der Waals surface area contributed by atoms with Gasteiger partial charge < -0.3 is 10.1 Å². The molecule has 32 heavy (non-hydrogen) atoms. The fraction of sp³-hybridized carbons (Fsp3) is 0.120. The van der Waals surface area contributed by atoms with Crippen LogP contribution in [-0.4, -0.2) is 11.1 Å². The third kappa shape index (κ3) is 5.77. The third-order valence-electron chi connectivity index (χ3n) is 4.79. The van der Waals surface area contributed by atoms with E-state index in [4.69, 9.17) is 4.74 Å². The maximum Gasteiger partial charge on any atom is 0.264 e. The lowest BCUT2D eigenvalue weighted by molar-refractivity contribution is -0.115. The van der Waals surface area contributed by atoms with Crippen LogP contribution in [0.2, 0.25) is 0 Å². The molecule has 1 aliphatic heterocycles. The number of rotatable bonds is 6. The van der Waals surface area contributed by atoms with E-state index in [1.165, 1.54) is 29.5 Å². The summed E-state index contributed by atoms with van der Waals surface area (Å²) in [6.07, 6.45) is 2.82. The first kappa shape index (κ1) is 22.5. The van der Waals surface area contributed by atoms with Crippen LogP contribution in [0.25, 0.3) is 6.08 Å². The number of hydrogen-bond acceptors (Lipinski definition) is 4. The second-order valence-electron chi connectivity index (χ2n) is 7.11. The molecule has 0 bridgehead atoms. The number of carbonyl (C=O) groups excluding carboxylic acids is 1. The number of ether oxygens (including phenoxy) is 1. The van der Waals surface area contributed by atoms with Crippen molar-refractivity contribution in [2.24, 2.45) is 4.99 Å². The summed E-state index contributed by atoms with van der Waals surface area (Å²) < 4.78 is 19.8. The Hall–Kier alpha value is -2.65. The van der Waals surface area contributed by atoms with E-state index in [1.54, 1.807) is 12.1 Å². The van der Waals surface area contributed by atoms with Crippen molar-refractivity contribution in [1.82, 2.24) is 5.32 Å². The predicted octanol–water partition coefficient (Wildman–Crippen LogP) is 6.46. The number of nitrogens with zero attached hydrogens (tertiary/aromatic N) is 1. The van der Waals surface area contributed by atoms with Gasteiger partial charge >= 0.3 is 0 Å². The van der Waals surface area contributed by atoms with Crippen molar-refractivity contribution in [3.05, 3.63) is 97.7 Å². The molecule has 4 rings (SSSR count). The largest absolute Gasteiger partial charge is 0.488 e. The van der Waals surface area contributed by atoms with Gasteiger partial charge in [0.1, 0.15) is 18.2 Å². The molecule has 4 nitrogen and oxygen atoms in total. The summed E-state index contributed by atoms with van der Waals surface area (Å²) in [5.41, 5.74) is 3.85. The van der Waals surface area contributed by atoms with Crippen LogP contribution in [0.15, 0.2) is 76.6 Å². The number of aliphatic imine (C=N–C) groups is 1. The molecule has 1 saturated heterocycles. The summed E-state index contributed by atoms with van der Waals surface area (Å²) in [6.45, 7) is 2.46. The standard InChI is InChI=1S/C25H20FIN2O2S/c1-2-16-5-10-20(11-6-16)28-25-29-24(30)23(32-25)14-18-7-12-22(21(27)13-18)31-15-17-3-8-19(26)9-4-17/h3-14H,2,15H2,1H3,(H,28,29,30)/b23-14-. The zero-order valence-electron chi connectivity index (χ0n) is 17.3. The van der Waals surface area contributed by atoms with Gasteiger partial charge in [-0.25, -0.2) is 9.38 Å². The molecule has 162 valence electrons. The van der Waals surface area contributed by atoms with E-state index in [9.17, 15) is 9.18 Å². The Bertz CT molecular complexity index is 1190. The monoisotopic (exact) mass is 558 g/mol. The normalized spacial score (nSPS) is 15.9. The smallest absolute Gasteiger partial charge is 0.264 e. The Balaban J connectivity index is 1.43. The lowest BCUT2D eigenvalue weighted by Crippen LogP contribution is -2.19. The Morgan fingerprint density at radius 1 is 1.06 bits per heavy atom. The van der Waals surface area contributed by atoms with Crippen LogP contribution >= 0.6 is 34.4 Å². The van der Waals surface area contributed by atoms with Crippen LogP contribution in [-0.2, 0) is 17.8 Å². The van der Waals surface area contributed by atoms with E-state index in [2.05, 4.69) is 39.8 Å². The number of thioether (sulfide) groups is 1. The van der Waals surface area contributed by atoms with Gasteiger partial charge in [0, 0.05) is 0 Å². The summed E-state index contributed by atoms with van der Waals surface area (Å²) in [6, 6.07) is 20.0. The first-order chi connectivity index (χ1) is 15.5. The van der Waals surface area contributed by atoms with Gasteiger partial charge in [0.2, 0.25) is 0 Å². The Morgan fingerprint density at radius 2 is 1.78 bits per heavy atom. The zero-order chi connectivity index (χ0) is 22.5. The molecule has 0 saturated carbocycles. The molecule has 0 aromatic heterocycles. The van der Waals surface area contributed by atoms with Gasteiger partial charge in [0.05, 0.1) is 14.2 Å². The number of aryl methyl sites for hydroxylation is 1. The van der Waals surface area contributed by atoms with E-state index < -0.39 is 0 Å². The van der Waals surface area contributed by atoms with Crippen LogP contribution in [0.5, 0.6) is 5.75 Å². The third-order valence-corrected chi connectivity index (χ3v) is 6.54. The molecule has 0 atom stereocenters. The van der Waals surface area contributed by atoms with Crippen molar-refractivity contribution >= 4 is 57.2 Å². The lowest BCUT2D eigenvalue weighted by atomic mass is 10.2. The van der Waals surface area contributed by atoms with Crippen LogP contribution in [0.3, 0.4) is 0 Å². The Labute approximate surface area is 204 Å². The predicted molar refractivity (Wildman–Crippen MR) is 137 cm³/mol. The molecule has 1 N–H and O–H groups in total. The first-order valence-electron chi connectivity index (χ1n) is 10.1. The van der Waals surface area contributed by atoms with Gasteiger partial charge in [0.25, 0.3) is 5.91 Å². The topological polar surface area (TPSA) is 50.7 Å². The van der Waals surface area contributed by atoms with Crippen molar-refractivity contribution < 1.29 is 13.9 Å². The van der Waals surface area contributed by atoms with Gasteiger partial charge in [-0.15, -0.1) is 0 Å². The first-order valence-corrected chi connectivity index (χ1v) is 11.9. The SMILES string of the molecule is CCc1ccc(N=C2NC(=O)/C(=C/c3ccc(OCc4ccc(F)cc4)c(I)c3)S2)cc1. The van der Waals surface area contributed by atoms with Gasteiger partial charge in [0.15, 0.2) is 5.17 Å². The minimum atomic E-state index is -0.267. The van der Waals surface area contributed by atoms with Gasteiger partial charge in [-0.1, -0.05) is 37.3 Å². The van der Waals surface area contributed by atoms with Crippen molar-refractivity contribution in [2.75, 3.05) is 0 Å². The molecule has 7 heteroatoms. The number of hydrogen-bond donors (Lipinski definition) is 1. The fourth-order valence-electron chi connectivity index (χ4n) is 3.02. The summed E-state index contributed by atoms with van der Waals surface area (Å²) in [5, 5.41) is 3.39. The molecular weight excluding hydrogens is 538 g/mol. The summed E-state index contributed by atoms with van der Waals surface area (Å²) in [5.74, 6) is 0.307. The second-order valence-corrected chi connectivity index (χ2v) is 9.30. The highest BCUT2D eigenvalue weighted by molar-refractivity contribution is 14.1. The molecule has 3 aromatic carbocycles. The molecule has 3 aromatic rings. The maximum atomic E-state index is 13.0. The minimum absolute atomic E-state index is 0.162. The second kappa shape index (κ2) is 10.3. The molecule has 1 aliphatic rings. The van der Waals surface area contributed by atoms with Crippen molar-refractivity contribution in [1.29, 1.82) is 0 Å². The number of amides is 1. The molecule has 1 fully saturated rings. The van der Waals surface area contributed by atoms with Crippen molar-refractivity contribution in [3.8, 4) is 5.75 Å². The minimum Gasteiger partial charge on any atom is -0.488 e. The Kier molecular flexibility index (Phi) is 7.26. The molecule has 1 heterocycles. The average Bonchev–Trinajstić information content (AvgIpc) is 3.13. The molecule has 0 spiro atoms. The number of carbonyl (C=O) groups is 1. The van der Waals surface area contributed by atoms with Crippen molar-refractivity contribution in [2.45, 2.75) is 20.0 Å². The van der Waals surface area contributed by atoms with Crippen LogP contribution in [0, 0.1) is 9.39 Å². The van der Waals surface area contributed by atoms with Gasteiger partial charge in [-0.3, -0.25) is 4.79 Å². The highest BCUT2D eigenvalue weighted by Crippen LogP contribution is 2.30. The quantitative estimate of drug-likeness (QED) is 0.279. The molecule has 0 radical (unpaired) electrons. The maximum absolute atomic E-state index is 13.0.